The van der Waals surface area contributed by atoms with Crippen LogP contribution in [0.2, 0.25) is 0 Å². The zero-order chi connectivity index (χ0) is 16.8. The molecule has 1 aliphatic rings. The van der Waals surface area contributed by atoms with E-state index in [0.29, 0.717) is 6.42 Å². The Balaban J connectivity index is 1.96. The Morgan fingerprint density at radius 1 is 1.09 bits per heavy atom. The summed E-state index contributed by atoms with van der Waals surface area (Å²) in [7, 11) is 0. The number of nitrogens with one attached hydrogen (secondary N) is 1. The third-order valence-electron chi connectivity index (χ3n) is 4.48. The number of amides is 1. The number of rotatable bonds is 12. The first-order valence-electron chi connectivity index (χ1n) is 9.36. The highest BCUT2D eigenvalue weighted by Crippen LogP contribution is 2.29. The molecule has 0 unspecified atom stereocenters. The van der Waals surface area contributed by atoms with Gasteiger partial charge in [-0.25, -0.2) is 0 Å². The maximum Gasteiger partial charge on any atom is 0.244 e. The van der Waals surface area contributed by atoms with Gasteiger partial charge in [0.25, 0.3) is 0 Å². The van der Waals surface area contributed by atoms with Gasteiger partial charge in [0.1, 0.15) is 0 Å². The molecule has 0 saturated heterocycles. The van der Waals surface area contributed by atoms with Gasteiger partial charge in [0.05, 0.1) is 0 Å². The molecule has 1 amide bonds. The van der Waals surface area contributed by atoms with Crippen molar-refractivity contribution in [2.75, 3.05) is 6.54 Å². The fraction of sp³-hybridized carbons (Fsp3) is 0.789. The summed E-state index contributed by atoms with van der Waals surface area (Å²) in [5, 5.41) is 4.68. The maximum atomic E-state index is 11.7. The summed E-state index contributed by atoms with van der Waals surface area (Å²) in [4.78, 5) is 23.4. The quantitative estimate of drug-likeness (QED) is 0.392. The lowest BCUT2D eigenvalue weighted by Crippen LogP contribution is -2.21. The summed E-state index contributed by atoms with van der Waals surface area (Å²) in [6.45, 7) is 2.94. The average Bonchev–Trinajstić information content (AvgIpc) is 3.05. The van der Waals surface area contributed by atoms with Gasteiger partial charge in [-0.15, -0.1) is 0 Å². The molecule has 0 atom stereocenters. The van der Waals surface area contributed by atoms with Crippen molar-refractivity contribution in [1.82, 2.24) is 5.32 Å². The van der Waals surface area contributed by atoms with E-state index in [1.807, 2.05) is 0 Å². The molecule has 1 aliphatic carbocycles. The molecule has 0 aliphatic heterocycles. The van der Waals surface area contributed by atoms with E-state index >= 15 is 0 Å². The van der Waals surface area contributed by atoms with Crippen LogP contribution in [0.3, 0.4) is 0 Å². The molecular formula is C19H33NO2S. The van der Waals surface area contributed by atoms with Gasteiger partial charge in [0, 0.05) is 19.0 Å². The van der Waals surface area contributed by atoms with Crippen LogP contribution in [-0.4, -0.2) is 17.6 Å². The molecule has 0 bridgehead atoms. The summed E-state index contributed by atoms with van der Waals surface area (Å²) in [6, 6.07) is 0. The van der Waals surface area contributed by atoms with Crippen molar-refractivity contribution in [3.05, 3.63) is 11.5 Å². The Bertz CT molecular complexity index is 362. The minimum atomic E-state index is -0.0883. The number of carbonyl (C=O) groups is 2. The summed E-state index contributed by atoms with van der Waals surface area (Å²) in [5.74, 6) is 0.666. The van der Waals surface area contributed by atoms with E-state index in [1.165, 1.54) is 63.9 Å². The lowest BCUT2D eigenvalue weighted by molar-refractivity contribution is -0.116. The highest BCUT2D eigenvalue weighted by atomic mass is 32.2. The van der Waals surface area contributed by atoms with Crippen LogP contribution in [0.1, 0.15) is 84.0 Å². The Hall–Kier alpha value is -0.770. The fourth-order valence-electron chi connectivity index (χ4n) is 3.03. The fourth-order valence-corrected chi connectivity index (χ4v) is 3.61. The number of unbranched alkanes of at least 4 members (excludes halogenated alkanes) is 5. The van der Waals surface area contributed by atoms with Gasteiger partial charge in [-0.2, -0.15) is 0 Å². The van der Waals surface area contributed by atoms with Gasteiger partial charge in [-0.3, -0.25) is 9.59 Å². The van der Waals surface area contributed by atoms with E-state index < -0.39 is 0 Å². The predicted octanol–water partition coefficient (Wildman–Crippen LogP) is 5.21. The second kappa shape index (κ2) is 13.6. The van der Waals surface area contributed by atoms with E-state index in [1.54, 1.807) is 5.41 Å². The first kappa shape index (κ1) is 20.3. The largest absolute Gasteiger partial charge is 0.353 e. The molecule has 0 aromatic rings. The van der Waals surface area contributed by atoms with Crippen molar-refractivity contribution in [3.63, 3.8) is 0 Å². The van der Waals surface area contributed by atoms with Gasteiger partial charge in [0.15, 0.2) is 5.12 Å². The normalized spacial score (nSPS) is 15.3. The topological polar surface area (TPSA) is 46.2 Å². The van der Waals surface area contributed by atoms with Crippen LogP contribution in [0.15, 0.2) is 11.5 Å². The first-order valence-corrected chi connectivity index (χ1v) is 10.2. The third-order valence-corrected chi connectivity index (χ3v) is 5.22. The molecule has 0 aromatic carbocycles. The summed E-state index contributed by atoms with van der Waals surface area (Å²) < 4.78 is 0. The lowest BCUT2D eigenvalue weighted by atomic mass is 10.0. The van der Waals surface area contributed by atoms with Crippen molar-refractivity contribution in [3.8, 4) is 0 Å². The summed E-state index contributed by atoms with van der Waals surface area (Å²) in [6.07, 6.45) is 15.7. The van der Waals surface area contributed by atoms with Crippen LogP contribution in [0, 0.1) is 5.92 Å². The maximum absolute atomic E-state index is 11.7. The molecule has 23 heavy (non-hydrogen) atoms. The van der Waals surface area contributed by atoms with Gasteiger partial charge >= 0.3 is 0 Å². The number of hydrogen-bond donors (Lipinski definition) is 1. The second-order valence-corrected chi connectivity index (χ2v) is 7.50. The molecule has 1 saturated carbocycles. The number of carbonyl (C=O) groups excluding carboxylic acids is 2. The van der Waals surface area contributed by atoms with Gasteiger partial charge in [-0.05, 0) is 24.2 Å². The Morgan fingerprint density at radius 3 is 2.52 bits per heavy atom. The first-order chi connectivity index (χ1) is 11.2. The van der Waals surface area contributed by atoms with E-state index in [2.05, 4.69) is 12.2 Å². The van der Waals surface area contributed by atoms with Crippen LogP contribution in [-0.2, 0) is 9.59 Å². The Morgan fingerprint density at radius 2 is 1.78 bits per heavy atom. The second-order valence-electron chi connectivity index (χ2n) is 6.54. The van der Waals surface area contributed by atoms with Crippen molar-refractivity contribution in [1.29, 1.82) is 0 Å². The minimum Gasteiger partial charge on any atom is -0.353 e. The van der Waals surface area contributed by atoms with E-state index in [4.69, 9.17) is 0 Å². The van der Waals surface area contributed by atoms with Crippen LogP contribution >= 0.6 is 11.8 Å². The molecule has 4 heteroatoms. The molecule has 1 N–H and O–H groups in total. The summed E-state index contributed by atoms with van der Waals surface area (Å²) in [5.41, 5.74) is 0. The zero-order valence-corrected chi connectivity index (χ0v) is 15.5. The van der Waals surface area contributed by atoms with Crippen molar-refractivity contribution < 1.29 is 9.59 Å². The van der Waals surface area contributed by atoms with E-state index in [-0.39, 0.29) is 11.0 Å². The smallest absolute Gasteiger partial charge is 0.244 e. The van der Waals surface area contributed by atoms with Crippen molar-refractivity contribution in [2.45, 2.75) is 84.0 Å². The molecule has 0 spiro atoms. The molecule has 1 fully saturated rings. The standard InChI is InChI=1S/C19H33NO2S/c1-2-3-4-5-6-9-15-20-18(21)14-16-23-19(22)13-12-17-10-7-8-11-17/h14,16-17H,2-13,15H2,1H3,(H,20,21). The van der Waals surface area contributed by atoms with Gasteiger partial charge < -0.3 is 5.32 Å². The lowest BCUT2D eigenvalue weighted by Gasteiger charge is -2.06. The van der Waals surface area contributed by atoms with Gasteiger partial charge in [-0.1, -0.05) is 76.5 Å². The monoisotopic (exact) mass is 339 g/mol. The Kier molecular flexibility index (Phi) is 12.0. The highest BCUT2D eigenvalue weighted by molar-refractivity contribution is 8.16. The molecule has 3 nitrogen and oxygen atoms in total. The number of hydrogen-bond acceptors (Lipinski definition) is 3. The molecule has 132 valence electrons. The summed E-state index contributed by atoms with van der Waals surface area (Å²) >= 11 is 1.16. The van der Waals surface area contributed by atoms with Crippen molar-refractivity contribution in [2.24, 2.45) is 5.92 Å². The molecule has 0 aromatic heterocycles. The third kappa shape index (κ3) is 11.4. The van der Waals surface area contributed by atoms with Crippen molar-refractivity contribution >= 4 is 22.8 Å². The van der Waals surface area contributed by atoms with Crippen LogP contribution in [0.4, 0.5) is 0 Å². The molecule has 0 heterocycles. The Labute approximate surface area is 146 Å². The predicted molar refractivity (Wildman–Crippen MR) is 99.3 cm³/mol. The highest BCUT2D eigenvalue weighted by Gasteiger charge is 2.15. The van der Waals surface area contributed by atoms with Gasteiger partial charge in [0.2, 0.25) is 5.91 Å². The van der Waals surface area contributed by atoms with Crippen LogP contribution in [0.25, 0.3) is 0 Å². The molecular weight excluding hydrogens is 306 g/mol. The molecule has 0 radical (unpaired) electrons. The zero-order valence-electron chi connectivity index (χ0n) is 14.6. The van der Waals surface area contributed by atoms with Crippen LogP contribution in [0.5, 0.6) is 0 Å². The SMILES string of the molecule is CCCCCCCCNC(=O)C=CSC(=O)CCC1CCCC1. The average molecular weight is 340 g/mol. The van der Waals surface area contributed by atoms with E-state index in [0.717, 1.165) is 37.1 Å². The minimum absolute atomic E-state index is 0.0883. The van der Waals surface area contributed by atoms with E-state index in [9.17, 15) is 9.59 Å². The van der Waals surface area contributed by atoms with Crippen LogP contribution < -0.4 is 5.32 Å². The molecule has 1 rings (SSSR count). The number of thioether (sulfide) groups is 1.